The largest absolute Gasteiger partial charge is 0.382 e. The third-order valence-corrected chi connectivity index (χ3v) is 3.67. The van der Waals surface area contributed by atoms with Crippen LogP contribution in [0.1, 0.15) is 23.0 Å². The minimum Gasteiger partial charge on any atom is -0.382 e. The van der Waals surface area contributed by atoms with Crippen LogP contribution in [0.5, 0.6) is 0 Å². The summed E-state index contributed by atoms with van der Waals surface area (Å²) in [5.74, 6) is 0.0394. The van der Waals surface area contributed by atoms with E-state index in [1.54, 1.807) is 7.11 Å². The summed E-state index contributed by atoms with van der Waals surface area (Å²) >= 11 is 1.32. The number of aryl methyl sites for hydroxylation is 1. The van der Waals surface area contributed by atoms with Crippen molar-refractivity contribution >= 4 is 17.4 Å². The highest BCUT2D eigenvalue weighted by molar-refractivity contribution is 7.03. The summed E-state index contributed by atoms with van der Waals surface area (Å²) in [6, 6.07) is 0. The van der Waals surface area contributed by atoms with Crippen molar-refractivity contribution in [3.8, 4) is 0 Å². The number of methoxy groups -OCH3 is 1. The zero-order valence-corrected chi connectivity index (χ0v) is 11.7. The molecular weight excluding hydrogens is 252 g/mol. The fourth-order valence-electron chi connectivity index (χ4n) is 2.16. The lowest BCUT2D eigenvalue weighted by Crippen LogP contribution is -2.50. The van der Waals surface area contributed by atoms with Crippen LogP contribution >= 0.6 is 11.5 Å². The van der Waals surface area contributed by atoms with E-state index in [9.17, 15) is 4.79 Å². The fraction of sp³-hybridized carbons (Fsp3) is 0.667. The number of carbonyl (C=O) groups is 1. The Kier molecular flexibility index (Phi) is 4.31. The summed E-state index contributed by atoms with van der Waals surface area (Å²) in [6.07, 6.45) is -0.00986. The molecule has 6 heteroatoms. The molecule has 2 rings (SSSR count). The molecule has 100 valence electrons. The van der Waals surface area contributed by atoms with Crippen LogP contribution in [0, 0.1) is 6.92 Å². The molecule has 1 aromatic heterocycles. The molecule has 1 amide bonds. The number of hydrogen-bond donors (Lipinski definition) is 0. The number of nitrogens with zero attached hydrogens (tertiary/aromatic N) is 2. The number of carbonyl (C=O) groups excluding carboxylic acids is 1. The molecule has 2 atom stereocenters. The number of aromatic nitrogens is 1. The second-order valence-electron chi connectivity index (χ2n) is 4.55. The van der Waals surface area contributed by atoms with E-state index in [-0.39, 0.29) is 18.1 Å². The topological polar surface area (TPSA) is 51.7 Å². The first kappa shape index (κ1) is 13.5. The molecule has 1 aromatic rings. The van der Waals surface area contributed by atoms with Crippen LogP contribution in [0.2, 0.25) is 0 Å². The van der Waals surface area contributed by atoms with Crippen LogP contribution in [0.4, 0.5) is 0 Å². The Morgan fingerprint density at radius 3 is 3.06 bits per heavy atom. The average molecular weight is 270 g/mol. The highest BCUT2D eigenvalue weighted by atomic mass is 32.1. The molecule has 0 spiro atoms. The van der Waals surface area contributed by atoms with Crippen molar-refractivity contribution in [3.05, 3.63) is 16.6 Å². The predicted octanol–water partition coefficient (Wildman–Crippen LogP) is 1.33. The molecule has 1 fully saturated rings. The van der Waals surface area contributed by atoms with E-state index >= 15 is 0 Å². The van der Waals surface area contributed by atoms with Crippen LogP contribution in [0.3, 0.4) is 0 Å². The van der Waals surface area contributed by atoms with Gasteiger partial charge in [0.25, 0.3) is 5.91 Å². The summed E-state index contributed by atoms with van der Waals surface area (Å²) in [6.45, 7) is 5.54. The molecule has 5 nitrogen and oxygen atoms in total. The van der Waals surface area contributed by atoms with E-state index in [1.165, 1.54) is 11.5 Å². The summed E-state index contributed by atoms with van der Waals surface area (Å²) in [7, 11) is 1.64. The van der Waals surface area contributed by atoms with E-state index < -0.39 is 0 Å². The van der Waals surface area contributed by atoms with Gasteiger partial charge in [-0.3, -0.25) is 4.79 Å². The van der Waals surface area contributed by atoms with Gasteiger partial charge >= 0.3 is 0 Å². The van der Waals surface area contributed by atoms with E-state index in [2.05, 4.69) is 4.37 Å². The molecule has 2 heterocycles. The van der Waals surface area contributed by atoms with Crippen molar-refractivity contribution in [3.63, 3.8) is 0 Å². The van der Waals surface area contributed by atoms with Crippen molar-refractivity contribution < 1.29 is 14.3 Å². The lowest BCUT2D eigenvalue weighted by molar-refractivity contribution is -0.0918. The molecule has 1 saturated heterocycles. The lowest BCUT2D eigenvalue weighted by Gasteiger charge is -2.36. The van der Waals surface area contributed by atoms with E-state index in [4.69, 9.17) is 9.47 Å². The maximum absolute atomic E-state index is 12.4. The van der Waals surface area contributed by atoms with Gasteiger partial charge in [-0.1, -0.05) is 0 Å². The molecular formula is C12H18N2O3S. The zero-order valence-electron chi connectivity index (χ0n) is 10.9. The van der Waals surface area contributed by atoms with Crippen LogP contribution in [-0.2, 0) is 9.47 Å². The third kappa shape index (κ3) is 2.88. The number of rotatable bonds is 3. The third-order valence-electron chi connectivity index (χ3n) is 2.95. The van der Waals surface area contributed by atoms with Gasteiger partial charge in [-0.05, 0) is 25.4 Å². The highest BCUT2D eigenvalue weighted by Gasteiger charge is 2.29. The quantitative estimate of drug-likeness (QED) is 0.831. The number of morpholine rings is 1. The van der Waals surface area contributed by atoms with Crippen molar-refractivity contribution in [1.82, 2.24) is 9.27 Å². The maximum Gasteiger partial charge on any atom is 0.256 e. The van der Waals surface area contributed by atoms with Crippen molar-refractivity contribution in [2.45, 2.75) is 26.1 Å². The van der Waals surface area contributed by atoms with Gasteiger partial charge in [0.05, 0.1) is 30.1 Å². The van der Waals surface area contributed by atoms with Crippen LogP contribution in [0.25, 0.3) is 0 Å². The Balaban J connectivity index is 2.08. The van der Waals surface area contributed by atoms with Crippen LogP contribution in [0.15, 0.2) is 5.38 Å². The second kappa shape index (κ2) is 5.77. The molecule has 0 N–H and O–H groups in total. The Morgan fingerprint density at radius 2 is 2.44 bits per heavy atom. The second-order valence-corrected chi connectivity index (χ2v) is 5.18. The van der Waals surface area contributed by atoms with Gasteiger partial charge in [-0.25, -0.2) is 0 Å². The SMILES string of the molecule is COCC1CN(C(=O)c2csnc2C)CC(C)O1. The first-order chi connectivity index (χ1) is 8.61. The molecule has 1 aliphatic rings. The van der Waals surface area contributed by atoms with Gasteiger partial charge in [0.1, 0.15) is 0 Å². The Labute approximate surface area is 111 Å². The molecule has 0 bridgehead atoms. The van der Waals surface area contributed by atoms with Crippen molar-refractivity contribution in [1.29, 1.82) is 0 Å². The van der Waals surface area contributed by atoms with E-state index in [1.807, 2.05) is 24.1 Å². The summed E-state index contributed by atoms with van der Waals surface area (Å²) in [5, 5.41) is 1.81. The fourth-order valence-corrected chi connectivity index (χ4v) is 2.84. The van der Waals surface area contributed by atoms with Gasteiger partial charge in [0, 0.05) is 25.6 Å². The lowest BCUT2D eigenvalue weighted by atomic mass is 10.1. The molecule has 0 radical (unpaired) electrons. The standard InChI is InChI=1S/C12H18N2O3S/c1-8-4-14(5-10(17-8)6-16-3)12(15)11-7-18-13-9(11)2/h7-8,10H,4-6H2,1-3H3. The Morgan fingerprint density at radius 1 is 1.67 bits per heavy atom. The number of ether oxygens (including phenoxy) is 2. The first-order valence-corrected chi connectivity index (χ1v) is 6.80. The van der Waals surface area contributed by atoms with Crippen molar-refractivity contribution in [2.75, 3.05) is 26.8 Å². The average Bonchev–Trinajstić information content (AvgIpc) is 2.74. The van der Waals surface area contributed by atoms with Gasteiger partial charge in [-0.15, -0.1) is 0 Å². The van der Waals surface area contributed by atoms with E-state index in [0.717, 1.165) is 5.69 Å². The van der Waals surface area contributed by atoms with E-state index in [0.29, 0.717) is 25.3 Å². The monoisotopic (exact) mass is 270 g/mol. The maximum atomic E-state index is 12.4. The minimum atomic E-state index is -0.0467. The molecule has 18 heavy (non-hydrogen) atoms. The molecule has 0 aromatic carbocycles. The van der Waals surface area contributed by atoms with Gasteiger partial charge in [0.2, 0.25) is 0 Å². The van der Waals surface area contributed by atoms with Gasteiger partial charge < -0.3 is 14.4 Å². The predicted molar refractivity (Wildman–Crippen MR) is 69.0 cm³/mol. The highest BCUT2D eigenvalue weighted by Crippen LogP contribution is 2.17. The van der Waals surface area contributed by atoms with Gasteiger partial charge in [0.15, 0.2) is 0 Å². The summed E-state index contributed by atoms with van der Waals surface area (Å²) < 4.78 is 15.0. The number of hydrogen-bond acceptors (Lipinski definition) is 5. The smallest absolute Gasteiger partial charge is 0.256 e. The normalized spacial score (nSPS) is 24.3. The minimum absolute atomic E-state index is 0.0368. The summed E-state index contributed by atoms with van der Waals surface area (Å²) in [4.78, 5) is 14.2. The molecule has 0 saturated carbocycles. The first-order valence-electron chi connectivity index (χ1n) is 5.96. The zero-order chi connectivity index (χ0) is 13.1. The molecule has 0 aliphatic carbocycles. The summed E-state index contributed by atoms with van der Waals surface area (Å²) in [5.41, 5.74) is 1.50. The number of amides is 1. The van der Waals surface area contributed by atoms with Crippen LogP contribution < -0.4 is 0 Å². The molecule has 1 aliphatic heterocycles. The van der Waals surface area contributed by atoms with Crippen molar-refractivity contribution in [2.24, 2.45) is 0 Å². The van der Waals surface area contributed by atoms with Crippen LogP contribution in [-0.4, -0.2) is 54.2 Å². The van der Waals surface area contributed by atoms with Gasteiger partial charge in [-0.2, -0.15) is 4.37 Å². The Hall–Kier alpha value is -0.980. The Bertz CT molecular complexity index is 421. The molecule has 2 unspecified atom stereocenters.